The maximum atomic E-state index is 3.71. The first kappa shape index (κ1) is 16.1. The molecule has 2 aromatic rings. The summed E-state index contributed by atoms with van der Waals surface area (Å²) in [5.74, 6) is 0. The highest BCUT2D eigenvalue weighted by molar-refractivity contribution is 9.10. The van der Waals surface area contributed by atoms with Gasteiger partial charge in [0, 0.05) is 10.2 Å². The second kappa shape index (κ2) is 6.65. The zero-order valence-corrected chi connectivity index (χ0v) is 14.9. The first-order valence-corrected chi connectivity index (χ1v) is 8.22. The normalized spacial score (nSPS) is 13.0. The van der Waals surface area contributed by atoms with Crippen LogP contribution in [0.25, 0.3) is 0 Å². The molecule has 0 saturated heterocycles. The number of aryl methyl sites for hydroxylation is 1. The molecule has 1 N–H and O–H groups in total. The third kappa shape index (κ3) is 4.89. The smallest absolute Gasteiger partial charge is 0.0519 e. The molecule has 1 unspecified atom stereocenters. The van der Waals surface area contributed by atoms with E-state index in [9.17, 15) is 0 Å². The maximum Gasteiger partial charge on any atom is 0.0519 e. The zero-order chi connectivity index (χ0) is 15.5. The van der Waals surface area contributed by atoms with E-state index in [4.69, 9.17) is 0 Å². The van der Waals surface area contributed by atoms with Gasteiger partial charge in [0.2, 0.25) is 0 Å². The van der Waals surface area contributed by atoms with Gasteiger partial charge in [0.05, 0.1) is 6.04 Å². The number of hydrogen-bond donors (Lipinski definition) is 1. The van der Waals surface area contributed by atoms with Crippen LogP contribution in [-0.2, 0) is 0 Å². The summed E-state index contributed by atoms with van der Waals surface area (Å²) in [6.07, 6.45) is 1.08. The van der Waals surface area contributed by atoms with Crippen molar-refractivity contribution in [2.45, 2.75) is 40.2 Å². The molecule has 0 aromatic heterocycles. The molecule has 0 spiro atoms. The molecule has 0 aliphatic heterocycles. The predicted octanol–water partition coefficient (Wildman–Crippen LogP) is 6.35. The second-order valence-electron chi connectivity index (χ2n) is 6.86. The van der Waals surface area contributed by atoms with Gasteiger partial charge < -0.3 is 5.32 Å². The third-order valence-electron chi connectivity index (χ3n) is 3.47. The molecule has 0 fully saturated rings. The molecule has 2 rings (SSSR count). The first-order chi connectivity index (χ1) is 9.85. The fourth-order valence-electron chi connectivity index (χ4n) is 2.49. The molecule has 0 aliphatic rings. The summed E-state index contributed by atoms with van der Waals surface area (Å²) in [4.78, 5) is 0. The molecule has 0 bridgehead atoms. The van der Waals surface area contributed by atoms with Gasteiger partial charge in [-0.15, -0.1) is 0 Å². The highest BCUT2D eigenvalue weighted by Crippen LogP contribution is 2.34. The van der Waals surface area contributed by atoms with E-state index in [1.54, 1.807) is 0 Å². The summed E-state index contributed by atoms with van der Waals surface area (Å²) >= 11 is 3.65. The molecule has 2 aromatic carbocycles. The van der Waals surface area contributed by atoms with Crippen molar-refractivity contribution < 1.29 is 0 Å². The number of benzene rings is 2. The van der Waals surface area contributed by atoms with Crippen molar-refractivity contribution in [3.05, 3.63) is 64.1 Å². The van der Waals surface area contributed by atoms with Crippen molar-refractivity contribution in [2.75, 3.05) is 5.32 Å². The highest BCUT2D eigenvalue weighted by Gasteiger charge is 2.20. The minimum atomic E-state index is 0.268. The second-order valence-corrected chi connectivity index (χ2v) is 7.71. The van der Waals surface area contributed by atoms with Gasteiger partial charge in [-0.25, -0.2) is 0 Å². The van der Waals surface area contributed by atoms with E-state index >= 15 is 0 Å². The van der Waals surface area contributed by atoms with Gasteiger partial charge in [0.15, 0.2) is 0 Å². The molecule has 0 aliphatic carbocycles. The molecule has 21 heavy (non-hydrogen) atoms. The zero-order valence-electron chi connectivity index (χ0n) is 13.3. The molecule has 0 saturated carbocycles. The van der Waals surface area contributed by atoms with Crippen LogP contribution in [0.3, 0.4) is 0 Å². The SMILES string of the molecule is Cc1ccc(Br)c(NC(CC(C)(C)C)c2ccccc2)c1. The monoisotopic (exact) mass is 345 g/mol. The lowest BCUT2D eigenvalue weighted by Gasteiger charge is -2.28. The van der Waals surface area contributed by atoms with Crippen molar-refractivity contribution in [1.82, 2.24) is 0 Å². The Kier molecular flexibility index (Phi) is 5.10. The Morgan fingerprint density at radius 1 is 1.05 bits per heavy atom. The largest absolute Gasteiger partial charge is 0.377 e. The van der Waals surface area contributed by atoms with E-state index in [1.807, 2.05) is 0 Å². The van der Waals surface area contributed by atoms with Crippen LogP contribution < -0.4 is 5.32 Å². The van der Waals surface area contributed by atoms with Gasteiger partial charge in [0.1, 0.15) is 0 Å². The van der Waals surface area contributed by atoms with Crippen LogP contribution in [0.15, 0.2) is 53.0 Å². The number of halogens is 1. The van der Waals surface area contributed by atoms with E-state index in [2.05, 4.69) is 97.5 Å². The predicted molar refractivity (Wildman–Crippen MR) is 95.8 cm³/mol. The standard InChI is InChI=1S/C19H24BrN/c1-14-10-11-16(20)17(12-14)21-18(13-19(2,3)4)15-8-6-5-7-9-15/h5-12,18,21H,13H2,1-4H3. The fourth-order valence-corrected chi connectivity index (χ4v) is 2.85. The molecule has 1 atom stereocenters. The molecule has 0 radical (unpaired) electrons. The van der Waals surface area contributed by atoms with Gasteiger partial charge in [-0.05, 0) is 57.9 Å². The topological polar surface area (TPSA) is 12.0 Å². The number of hydrogen-bond acceptors (Lipinski definition) is 1. The summed E-state index contributed by atoms with van der Waals surface area (Å²) in [5.41, 5.74) is 4.03. The first-order valence-electron chi connectivity index (χ1n) is 7.43. The average molecular weight is 346 g/mol. The Bertz CT molecular complexity index is 584. The highest BCUT2D eigenvalue weighted by atomic mass is 79.9. The average Bonchev–Trinajstić information content (AvgIpc) is 2.42. The van der Waals surface area contributed by atoms with Crippen LogP contribution in [0.5, 0.6) is 0 Å². The molecule has 0 amide bonds. The van der Waals surface area contributed by atoms with Crippen LogP contribution in [0.1, 0.15) is 44.4 Å². The minimum absolute atomic E-state index is 0.268. The van der Waals surface area contributed by atoms with E-state index < -0.39 is 0 Å². The minimum Gasteiger partial charge on any atom is -0.377 e. The summed E-state index contributed by atoms with van der Waals surface area (Å²) in [6, 6.07) is 17.4. The maximum absolute atomic E-state index is 3.71. The van der Waals surface area contributed by atoms with Crippen molar-refractivity contribution in [1.29, 1.82) is 0 Å². The van der Waals surface area contributed by atoms with Crippen LogP contribution in [0.2, 0.25) is 0 Å². The van der Waals surface area contributed by atoms with E-state index in [-0.39, 0.29) is 5.41 Å². The summed E-state index contributed by atoms with van der Waals surface area (Å²) in [7, 11) is 0. The third-order valence-corrected chi connectivity index (χ3v) is 4.16. The Morgan fingerprint density at radius 2 is 1.71 bits per heavy atom. The molecule has 2 heteroatoms. The lowest BCUT2D eigenvalue weighted by molar-refractivity contribution is 0.352. The lowest BCUT2D eigenvalue weighted by atomic mass is 9.85. The fraction of sp³-hybridized carbons (Fsp3) is 0.368. The van der Waals surface area contributed by atoms with Crippen molar-refractivity contribution >= 4 is 21.6 Å². The van der Waals surface area contributed by atoms with Crippen molar-refractivity contribution in [2.24, 2.45) is 5.41 Å². The summed E-state index contributed by atoms with van der Waals surface area (Å²) in [5, 5.41) is 3.71. The Balaban J connectivity index is 2.30. The molecular weight excluding hydrogens is 322 g/mol. The van der Waals surface area contributed by atoms with Crippen LogP contribution >= 0.6 is 15.9 Å². The lowest BCUT2D eigenvalue weighted by Crippen LogP contribution is -2.19. The van der Waals surface area contributed by atoms with Crippen LogP contribution in [-0.4, -0.2) is 0 Å². The Hall–Kier alpha value is -1.28. The number of anilines is 1. The number of rotatable bonds is 4. The van der Waals surface area contributed by atoms with E-state index in [0.717, 1.165) is 16.6 Å². The van der Waals surface area contributed by atoms with Gasteiger partial charge in [-0.3, -0.25) is 0 Å². The van der Waals surface area contributed by atoms with Crippen LogP contribution in [0, 0.1) is 12.3 Å². The molecule has 1 nitrogen and oxygen atoms in total. The number of nitrogens with one attached hydrogen (secondary N) is 1. The quantitative estimate of drug-likeness (QED) is 0.680. The van der Waals surface area contributed by atoms with Gasteiger partial charge >= 0.3 is 0 Å². The molecular formula is C19H24BrN. The Labute approximate surface area is 136 Å². The molecule has 0 heterocycles. The van der Waals surface area contributed by atoms with Crippen molar-refractivity contribution in [3.8, 4) is 0 Å². The Morgan fingerprint density at radius 3 is 2.33 bits per heavy atom. The van der Waals surface area contributed by atoms with Crippen LogP contribution in [0.4, 0.5) is 5.69 Å². The van der Waals surface area contributed by atoms with Gasteiger partial charge in [0.25, 0.3) is 0 Å². The van der Waals surface area contributed by atoms with Gasteiger partial charge in [-0.1, -0.05) is 57.2 Å². The summed E-state index contributed by atoms with van der Waals surface area (Å²) in [6.45, 7) is 8.99. The summed E-state index contributed by atoms with van der Waals surface area (Å²) < 4.78 is 1.11. The van der Waals surface area contributed by atoms with Crippen molar-refractivity contribution in [3.63, 3.8) is 0 Å². The van der Waals surface area contributed by atoms with E-state index in [1.165, 1.54) is 11.1 Å². The van der Waals surface area contributed by atoms with E-state index in [0.29, 0.717) is 6.04 Å². The molecule has 112 valence electrons. The van der Waals surface area contributed by atoms with Gasteiger partial charge in [-0.2, -0.15) is 0 Å².